The molecule has 0 aliphatic rings. The summed E-state index contributed by atoms with van der Waals surface area (Å²) in [7, 11) is -2.20. The van der Waals surface area contributed by atoms with Crippen molar-refractivity contribution in [2.75, 3.05) is 24.5 Å². The number of hydrogen-bond acceptors (Lipinski definition) is 5. The smallest absolute Gasteiger partial charge is 0.265 e. The van der Waals surface area contributed by atoms with Crippen LogP contribution in [0.4, 0.5) is 5.69 Å². The highest BCUT2D eigenvalue weighted by Gasteiger charge is 2.27. The lowest BCUT2D eigenvalue weighted by molar-refractivity contribution is -0.125. The SMILES string of the molecule is CN(Cc1ccccc1N(CCO)S(=O)(=O)c1ccsc1)C(=O)/C=C/c1ccc(Cl)cc1. The Morgan fingerprint density at radius 3 is 2.50 bits per heavy atom. The van der Waals surface area contributed by atoms with Gasteiger partial charge in [0.15, 0.2) is 0 Å². The lowest BCUT2D eigenvalue weighted by atomic mass is 10.1. The molecule has 1 heterocycles. The van der Waals surface area contributed by atoms with E-state index >= 15 is 0 Å². The Balaban J connectivity index is 1.83. The predicted octanol–water partition coefficient (Wildman–Crippen LogP) is 4.26. The monoisotopic (exact) mass is 490 g/mol. The van der Waals surface area contributed by atoms with Crippen LogP contribution < -0.4 is 4.31 Å². The highest BCUT2D eigenvalue weighted by Crippen LogP contribution is 2.28. The molecule has 6 nitrogen and oxygen atoms in total. The highest BCUT2D eigenvalue weighted by molar-refractivity contribution is 7.93. The second-order valence-corrected chi connectivity index (χ2v) is 10.0. The fourth-order valence-electron chi connectivity index (χ4n) is 3.08. The number of halogens is 1. The molecule has 32 heavy (non-hydrogen) atoms. The molecule has 0 saturated heterocycles. The molecular weight excluding hydrogens is 468 g/mol. The molecule has 1 amide bonds. The van der Waals surface area contributed by atoms with Crippen LogP contribution in [0.25, 0.3) is 6.08 Å². The molecule has 9 heteroatoms. The number of nitrogens with zero attached hydrogens (tertiary/aromatic N) is 2. The second kappa shape index (κ2) is 10.8. The first-order valence-electron chi connectivity index (χ1n) is 9.75. The Kier molecular flexibility index (Phi) is 8.09. The third-order valence-corrected chi connectivity index (χ3v) is 7.61. The van der Waals surface area contributed by atoms with E-state index in [1.807, 2.05) is 12.1 Å². The summed E-state index contributed by atoms with van der Waals surface area (Å²) in [4.78, 5) is 14.3. The molecule has 0 atom stereocenters. The van der Waals surface area contributed by atoms with Gasteiger partial charge in [0.25, 0.3) is 10.0 Å². The maximum atomic E-state index is 13.2. The summed E-state index contributed by atoms with van der Waals surface area (Å²) >= 11 is 7.17. The Morgan fingerprint density at radius 2 is 1.84 bits per heavy atom. The Labute approximate surface area is 197 Å². The average Bonchev–Trinajstić information content (AvgIpc) is 3.33. The number of para-hydroxylation sites is 1. The predicted molar refractivity (Wildman–Crippen MR) is 129 cm³/mol. The number of thiophene rings is 1. The molecule has 2 aromatic carbocycles. The van der Waals surface area contributed by atoms with Crippen molar-refractivity contribution in [3.8, 4) is 0 Å². The summed E-state index contributed by atoms with van der Waals surface area (Å²) in [5.41, 5.74) is 1.91. The van der Waals surface area contributed by atoms with Gasteiger partial charge in [-0.3, -0.25) is 9.10 Å². The van der Waals surface area contributed by atoms with Crippen LogP contribution in [0.5, 0.6) is 0 Å². The Bertz CT molecular complexity index is 1180. The molecule has 0 aliphatic heterocycles. The van der Waals surface area contributed by atoms with E-state index in [4.69, 9.17) is 11.6 Å². The van der Waals surface area contributed by atoms with E-state index in [1.54, 1.807) is 60.3 Å². The van der Waals surface area contributed by atoms with Gasteiger partial charge in [-0.2, -0.15) is 11.3 Å². The average molecular weight is 491 g/mol. The molecule has 0 spiro atoms. The van der Waals surface area contributed by atoms with Gasteiger partial charge < -0.3 is 10.0 Å². The number of aliphatic hydroxyl groups excluding tert-OH is 1. The zero-order chi connectivity index (χ0) is 23.1. The molecule has 3 rings (SSSR count). The minimum atomic E-state index is -3.85. The summed E-state index contributed by atoms with van der Waals surface area (Å²) in [6, 6.07) is 15.6. The number of anilines is 1. The molecule has 0 fully saturated rings. The van der Waals surface area contributed by atoms with Crippen LogP contribution in [-0.4, -0.2) is 44.5 Å². The van der Waals surface area contributed by atoms with Gasteiger partial charge in [0.1, 0.15) is 0 Å². The standard InChI is InChI=1S/C23H23ClN2O4S2/c1-25(23(28)11-8-18-6-9-20(24)10-7-18)16-19-4-2-3-5-22(19)26(13-14-27)32(29,30)21-12-15-31-17-21/h2-12,15,17,27H,13-14,16H2,1H3/b11-8+. The summed E-state index contributed by atoms with van der Waals surface area (Å²) in [5.74, 6) is -0.232. The number of sulfonamides is 1. The van der Waals surface area contributed by atoms with Crippen molar-refractivity contribution < 1.29 is 18.3 Å². The maximum Gasteiger partial charge on any atom is 0.265 e. The van der Waals surface area contributed by atoms with Crippen molar-refractivity contribution in [2.24, 2.45) is 0 Å². The van der Waals surface area contributed by atoms with Gasteiger partial charge >= 0.3 is 0 Å². The zero-order valence-corrected chi connectivity index (χ0v) is 19.8. The minimum absolute atomic E-state index is 0.0939. The summed E-state index contributed by atoms with van der Waals surface area (Å²) < 4.78 is 27.5. The first kappa shape index (κ1) is 24.0. The van der Waals surface area contributed by atoms with E-state index in [1.165, 1.54) is 32.7 Å². The summed E-state index contributed by atoms with van der Waals surface area (Å²) in [6.45, 7) is -0.235. The van der Waals surface area contributed by atoms with Gasteiger partial charge in [-0.15, -0.1) is 0 Å². The topological polar surface area (TPSA) is 77.9 Å². The molecular formula is C23H23ClN2O4S2. The van der Waals surface area contributed by atoms with Crippen LogP contribution in [0.3, 0.4) is 0 Å². The lowest BCUT2D eigenvalue weighted by Crippen LogP contribution is -2.35. The van der Waals surface area contributed by atoms with Gasteiger partial charge in [-0.1, -0.05) is 41.9 Å². The molecule has 1 N–H and O–H groups in total. The van der Waals surface area contributed by atoms with Crippen LogP contribution in [0, 0.1) is 0 Å². The lowest BCUT2D eigenvalue weighted by Gasteiger charge is -2.27. The molecule has 0 aliphatic carbocycles. The number of rotatable bonds is 9. The maximum absolute atomic E-state index is 13.2. The minimum Gasteiger partial charge on any atom is -0.394 e. The van der Waals surface area contributed by atoms with Crippen LogP contribution >= 0.6 is 22.9 Å². The Morgan fingerprint density at radius 1 is 1.12 bits per heavy atom. The number of likely N-dealkylation sites (N-methyl/N-ethyl adjacent to an activating group) is 1. The van der Waals surface area contributed by atoms with Crippen molar-refractivity contribution >= 4 is 50.6 Å². The van der Waals surface area contributed by atoms with Crippen molar-refractivity contribution in [3.63, 3.8) is 0 Å². The quantitative estimate of drug-likeness (QED) is 0.454. The largest absolute Gasteiger partial charge is 0.394 e. The Hall–Kier alpha value is -2.65. The van der Waals surface area contributed by atoms with Crippen LogP contribution in [-0.2, 0) is 21.4 Å². The molecule has 0 saturated carbocycles. The number of benzene rings is 2. The third-order valence-electron chi connectivity index (χ3n) is 4.72. The van der Waals surface area contributed by atoms with Gasteiger partial charge in [0.2, 0.25) is 5.91 Å². The van der Waals surface area contributed by atoms with Gasteiger partial charge in [0.05, 0.1) is 23.7 Å². The first-order chi connectivity index (χ1) is 15.3. The molecule has 0 bridgehead atoms. The van der Waals surface area contributed by atoms with Gasteiger partial charge in [-0.25, -0.2) is 8.42 Å². The van der Waals surface area contributed by atoms with E-state index in [2.05, 4.69) is 0 Å². The molecule has 1 aromatic heterocycles. The summed E-state index contributed by atoms with van der Waals surface area (Å²) in [5, 5.41) is 13.4. The van der Waals surface area contributed by atoms with Gasteiger partial charge in [-0.05, 0) is 46.8 Å². The highest BCUT2D eigenvalue weighted by atomic mass is 35.5. The molecule has 168 valence electrons. The number of hydrogen-bond donors (Lipinski definition) is 1. The van der Waals surface area contributed by atoms with E-state index < -0.39 is 10.0 Å². The van der Waals surface area contributed by atoms with Crippen LogP contribution in [0.15, 0.2) is 76.3 Å². The fourth-order valence-corrected chi connectivity index (χ4v) is 5.71. The number of aliphatic hydroxyl groups is 1. The van der Waals surface area contributed by atoms with E-state index in [-0.39, 0.29) is 30.5 Å². The normalized spacial score (nSPS) is 11.6. The molecule has 3 aromatic rings. The van der Waals surface area contributed by atoms with Crippen LogP contribution in [0.1, 0.15) is 11.1 Å². The van der Waals surface area contributed by atoms with E-state index in [0.29, 0.717) is 16.3 Å². The summed E-state index contributed by atoms with van der Waals surface area (Å²) in [6.07, 6.45) is 3.15. The molecule has 0 radical (unpaired) electrons. The number of carbonyl (C=O) groups is 1. The van der Waals surface area contributed by atoms with E-state index in [9.17, 15) is 18.3 Å². The zero-order valence-electron chi connectivity index (χ0n) is 17.4. The van der Waals surface area contributed by atoms with Crippen molar-refractivity contribution in [1.82, 2.24) is 4.90 Å². The van der Waals surface area contributed by atoms with E-state index in [0.717, 1.165) is 5.56 Å². The van der Waals surface area contributed by atoms with Crippen molar-refractivity contribution in [1.29, 1.82) is 0 Å². The van der Waals surface area contributed by atoms with Crippen molar-refractivity contribution in [2.45, 2.75) is 11.4 Å². The second-order valence-electron chi connectivity index (χ2n) is 6.97. The van der Waals surface area contributed by atoms with Gasteiger partial charge in [0, 0.05) is 30.1 Å². The number of carbonyl (C=O) groups excluding carboxylic acids is 1. The fraction of sp³-hybridized carbons (Fsp3) is 0.174. The number of amides is 1. The first-order valence-corrected chi connectivity index (χ1v) is 12.5. The third kappa shape index (κ3) is 5.77. The van der Waals surface area contributed by atoms with Crippen LogP contribution in [0.2, 0.25) is 5.02 Å². The molecule has 0 unspecified atom stereocenters. The van der Waals surface area contributed by atoms with Crippen molar-refractivity contribution in [3.05, 3.63) is 87.6 Å².